The Morgan fingerprint density at radius 3 is 2.64 bits per heavy atom. The molecule has 0 radical (unpaired) electrons. The second kappa shape index (κ2) is 6.46. The average Bonchev–Trinajstić information content (AvgIpc) is 2.40. The van der Waals surface area contributed by atoms with E-state index in [0.717, 1.165) is 12.1 Å². The highest BCUT2D eigenvalue weighted by atomic mass is 19.3. The summed E-state index contributed by atoms with van der Waals surface area (Å²) in [6.07, 6.45) is 1.48. The number of carbonyl (C=O) groups is 1. The summed E-state index contributed by atoms with van der Waals surface area (Å²) in [5, 5.41) is 2.50. The molecule has 0 saturated heterocycles. The molecule has 7 heteroatoms. The fraction of sp³-hybridized carbons (Fsp3) is 0.200. The zero-order chi connectivity index (χ0) is 16.3. The summed E-state index contributed by atoms with van der Waals surface area (Å²) in [6, 6.07) is 4.89. The van der Waals surface area contributed by atoms with Gasteiger partial charge in [0.1, 0.15) is 17.4 Å². The van der Waals surface area contributed by atoms with Gasteiger partial charge in [0, 0.05) is 24.8 Å². The number of benzene rings is 1. The molecule has 1 amide bonds. The van der Waals surface area contributed by atoms with Gasteiger partial charge in [-0.2, -0.15) is 8.78 Å². The molecular formula is C15H13F3N2O2. The Morgan fingerprint density at radius 2 is 2.00 bits per heavy atom. The van der Waals surface area contributed by atoms with Gasteiger partial charge in [-0.15, -0.1) is 0 Å². The highest BCUT2D eigenvalue weighted by molar-refractivity contribution is 5.88. The number of aromatic nitrogens is 1. The lowest BCUT2D eigenvalue weighted by Crippen LogP contribution is -2.08. The van der Waals surface area contributed by atoms with Gasteiger partial charge in [-0.3, -0.25) is 4.79 Å². The van der Waals surface area contributed by atoms with Crippen LogP contribution in [0.2, 0.25) is 0 Å². The number of nitrogens with zero attached hydrogens (tertiary/aromatic N) is 1. The van der Waals surface area contributed by atoms with E-state index in [1.54, 1.807) is 6.92 Å². The molecule has 0 bridgehead atoms. The molecule has 0 aliphatic carbocycles. The lowest BCUT2D eigenvalue weighted by Gasteiger charge is -2.14. The van der Waals surface area contributed by atoms with Crippen molar-refractivity contribution in [3.63, 3.8) is 0 Å². The van der Waals surface area contributed by atoms with Crippen molar-refractivity contribution in [2.45, 2.75) is 20.5 Å². The van der Waals surface area contributed by atoms with Crippen molar-refractivity contribution in [1.82, 2.24) is 4.98 Å². The number of anilines is 1. The van der Waals surface area contributed by atoms with Gasteiger partial charge in [-0.05, 0) is 36.2 Å². The third-order valence-corrected chi connectivity index (χ3v) is 2.86. The molecule has 22 heavy (non-hydrogen) atoms. The average molecular weight is 310 g/mol. The predicted molar refractivity (Wildman–Crippen MR) is 75.3 cm³/mol. The molecule has 116 valence electrons. The Kier molecular flexibility index (Phi) is 4.65. The Labute approximate surface area is 124 Å². The molecule has 0 saturated carbocycles. The van der Waals surface area contributed by atoms with Crippen LogP contribution >= 0.6 is 0 Å². The fourth-order valence-electron chi connectivity index (χ4n) is 1.97. The molecule has 0 aliphatic heterocycles. The number of carbonyl (C=O) groups excluding carboxylic acids is 1. The number of rotatable bonds is 4. The number of halogens is 3. The molecule has 2 aromatic rings. The van der Waals surface area contributed by atoms with Crippen molar-refractivity contribution in [2.24, 2.45) is 0 Å². The molecule has 1 N–H and O–H groups in total. The molecule has 0 atom stereocenters. The van der Waals surface area contributed by atoms with Crippen LogP contribution in [0.1, 0.15) is 12.5 Å². The molecule has 0 fully saturated rings. The van der Waals surface area contributed by atoms with Crippen molar-refractivity contribution >= 4 is 11.7 Å². The standard InChI is InChI=1S/C15H13F3N2O2/c1-8-7-19-14(20-9(2)21)6-12(8)11-4-3-10(16)5-13(11)22-15(17)18/h3-7,15H,1-2H3,(H,19,20,21). The molecule has 1 aromatic heterocycles. The first-order valence-electron chi connectivity index (χ1n) is 6.36. The normalized spacial score (nSPS) is 10.6. The summed E-state index contributed by atoms with van der Waals surface area (Å²) in [4.78, 5) is 15.1. The smallest absolute Gasteiger partial charge is 0.387 e. The highest BCUT2D eigenvalue weighted by Gasteiger charge is 2.15. The van der Waals surface area contributed by atoms with Gasteiger partial charge in [-0.1, -0.05) is 0 Å². The molecule has 0 unspecified atom stereocenters. The second-order valence-corrected chi connectivity index (χ2v) is 4.58. The van der Waals surface area contributed by atoms with Crippen molar-refractivity contribution in [3.8, 4) is 16.9 Å². The van der Waals surface area contributed by atoms with E-state index in [2.05, 4.69) is 15.0 Å². The third kappa shape index (κ3) is 3.75. The van der Waals surface area contributed by atoms with E-state index in [0.29, 0.717) is 11.1 Å². The minimum absolute atomic E-state index is 0.264. The SMILES string of the molecule is CC(=O)Nc1cc(-c2ccc(F)cc2OC(F)F)c(C)cn1. The zero-order valence-corrected chi connectivity index (χ0v) is 11.9. The molecule has 4 nitrogen and oxygen atoms in total. The Balaban J connectivity index is 2.52. The summed E-state index contributed by atoms with van der Waals surface area (Å²) < 4.78 is 42.6. The number of nitrogens with one attached hydrogen (secondary N) is 1. The minimum Gasteiger partial charge on any atom is -0.434 e. The van der Waals surface area contributed by atoms with Crippen LogP contribution in [0.15, 0.2) is 30.5 Å². The van der Waals surface area contributed by atoms with Gasteiger partial charge in [0.05, 0.1) is 0 Å². The van der Waals surface area contributed by atoms with E-state index in [-0.39, 0.29) is 23.0 Å². The van der Waals surface area contributed by atoms with Crippen LogP contribution in [0.3, 0.4) is 0 Å². The third-order valence-electron chi connectivity index (χ3n) is 2.86. The highest BCUT2D eigenvalue weighted by Crippen LogP contribution is 2.34. The topological polar surface area (TPSA) is 51.2 Å². The number of amides is 1. The van der Waals surface area contributed by atoms with Crippen molar-refractivity contribution in [3.05, 3.63) is 41.8 Å². The minimum atomic E-state index is -3.07. The van der Waals surface area contributed by atoms with Crippen molar-refractivity contribution in [2.75, 3.05) is 5.32 Å². The lowest BCUT2D eigenvalue weighted by molar-refractivity contribution is -0.114. The molecule has 1 heterocycles. The summed E-state index contributed by atoms with van der Waals surface area (Å²) in [6.45, 7) is -0.0303. The van der Waals surface area contributed by atoms with Crippen LogP contribution in [-0.4, -0.2) is 17.5 Å². The zero-order valence-electron chi connectivity index (χ0n) is 11.9. The van der Waals surface area contributed by atoms with Gasteiger partial charge < -0.3 is 10.1 Å². The maximum atomic E-state index is 13.3. The van der Waals surface area contributed by atoms with E-state index >= 15 is 0 Å². The summed E-state index contributed by atoms with van der Waals surface area (Å²) in [5.41, 5.74) is 1.46. The van der Waals surface area contributed by atoms with Gasteiger partial charge in [0.25, 0.3) is 0 Å². The van der Waals surface area contributed by atoms with E-state index in [1.807, 2.05) is 0 Å². The Morgan fingerprint density at radius 1 is 1.27 bits per heavy atom. The number of aryl methyl sites for hydroxylation is 1. The maximum absolute atomic E-state index is 13.3. The Bertz CT molecular complexity index is 705. The first-order chi connectivity index (χ1) is 10.4. The number of hydrogen-bond acceptors (Lipinski definition) is 3. The number of pyridine rings is 1. The Hall–Kier alpha value is -2.57. The van der Waals surface area contributed by atoms with E-state index in [1.165, 1.54) is 25.3 Å². The van der Waals surface area contributed by atoms with E-state index in [9.17, 15) is 18.0 Å². The molecule has 0 spiro atoms. The number of hydrogen-bond donors (Lipinski definition) is 1. The first-order valence-corrected chi connectivity index (χ1v) is 6.36. The van der Waals surface area contributed by atoms with Crippen LogP contribution in [0, 0.1) is 12.7 Å². The van der Waals surface area contributed by atoms with Crippen LogP contribution in [0.5, 0.6) is 5.75 Å². The monoisotopic (exact) mass is 310 g/mol. The lowest BCUT2D eigenvalue weighted by atomic mass is 10.0. The van der Waals surface area contributed by atoms with E-state index in [4.69, 9.17) is 0 Å². The van der Waals surface area contributed by atoms with Crippen LogP contribution in [0.4, 0.5) is 19.0 Å². The van der Waals surface area contributed by atoms with Gasteiger partial charge in [0.2, 0.25) is 5.91 Å². The maximum Gasteiger partial charge on any atom is 0.387 e. The summed E-state index contributed by atoms with van der Waals surface area (Å²) in [7, 11) is 0. The quantitative estimate of drug-likeness (QED) is 0.935. The number of ether oxygens (including phenoxy) is 1. The molecule has 2 rings (SSSR count). The number of alkyl halides is 2. The second-order valence-electron chi connectivity index (χ2n) is 4.58. The summed E-state index contributed by atoms with van der Waals surface area (Å²) >= 11 is 0. The van der Waals surface area contributed by atoms with Crippen LogP contribution < -0.4 is 10.1 Å². The largest absolute Gasteiger partial charge is 0.434 e. The predicted octanol–water partition coefficient (Wildman–Crippen LogP) is 3.76. The summed E-state index contributed by atoms with van der Waals surface area (Å²) in [5.74, 6) is -1.02. The van der Waals surface area contributed by atoms with Gasteiger partial charge in [0.15, 0.2) is 0 Å². The first kappa shape index (κ1) is 15.8. The fourth-order valence-corrected chi connectivity index (χ4v) is 1.97. The molecular weight excluding hydrogens is 297 g/mol. The van der Waals surface area contributed by atoms with Crippen molar-refractivity contribution in [1.29, 1.82) is 0 Å². The van der Waals surface area contributed by atoms with E-state index < -0.39 is 12.4 Å². The van der Waals surface area contributed by atoms with Crippen LogP contribution in [0.25, 0.3) is 11.1 Å². The molecule has 1 aromatic carbocycles. The van der Waals surface area contributed by atoms with Crippen molar-refractivity contribution < 1.29 is 22.7 Å². The van der Waals surface area contributed by atoms with Crippen LogP contribution in [-0.2, 0) is 4.79 Å². The van der Waals surface area contributed by atoms with Gasteiger partial charge >= 0.3 is 6.61 Å². The van der Waals surface area contributed by atoms with Gasteiger partial charge in [-0.25, -0.2) is 9.37 Å². The molecule has 0 aliphatic rings.